The van der Waals surface area contributed by atoms with Crippen LogP contribution in [0.1, 0.15) is 10.4 Å². The van der Waals surface area contributed by atoms with Crippen molar-refractivity contribution in [3.05, 3.63) is 53.1 Å². The van der Waals surface area contributed by atoms with Gasteiger partial charge < -0.3 is 20.3 Å². The molecule has 25 heavy (non-hydrogen) atoms. The van der Waals surface area contributed by atoms with Gasteiger partial charge in [-0.3, -0.25) is 9.59 Å². The molecule has 6 nitrogen and oxygen atoms in total. The highest BCUT2D eigenvalue weighted by Crippen LogP contribution is 2.27. The van der Waals surface area contributed by atoms with Gasteiger partial charge in [-0.1, -0.05) is 11.6 Å². The summed E-state index contributed by atoms with van der Waals surface area (Å²) < 4.78 is 5.22. The van der Waals surface area contributed by atoms with E-state index in [9.17, 15) is 9.59 Å². The van der Waals surface area contributed by atoms with E-state index in [4.69, 9.17) is 16.3 Å². The summed E-state index contributed by atoms with van der Waals surface area (Å²) in [6.45, 7) is 0.0507. The van der Waals surface area contributed by atoms with Crippen LogP contribution in [-0.4, -0.2) is 44.5 Å². The summed E-state index contributed by atoms with van der Waals surface area (Å²) in [7, 11) is 4.92. The predicted molar refractivity (Wildman–Crippen MR) is 99.6 cm³/mol. The molecule has 2 N–H and O–H groups in total. The molecule has 0 aromatic heterocycles. The normalized spacial score (nSPS) is 10.1. The van der Waals surface area contributed by atoms with Gasteiger partial charge in [0, 0.05) is 30.4 Å². The van der Waals surface area contributed by atoms with Crippen molar-refractivity contribution in [3.8, 4) is 5.75 Å². The second-order valence-corrected chi connectivity index (χ2v) is 5.96. The van der Waals surface area contributed by atoms with Crippen molar-refractivity contribution in [2.45, 2.75) is 0 Å². The summed E-state index contributed by atoms with van der Waals surface area (Å²) in [5, 5.41) is 6.29. The average molecular weight is 362 g/mol. The number of nitrogens with one attached hydrogen (secondary N) is 2. The van der Waals surface area contributed by atoms with Crippen LogP contribution in [0, 0.1) is 0 Å². The molecule has 0 atom stereocenters. The first kappa shape index (κ1) is 18.6. The van der Waals surface area contributed by atoms with E-state index in [0.717, 1.165) is 0 Å². The highest BCUT2D eigenvalue weighted by atomic mass is 35.5. The number of anilines is 2. The number of ether oxygens (including phenoxy) is 1. The minimum Gasteiger partial charge on any atom is -0.495 e. The molecule has 0 aliphatic heterocycles. The Balaban J connectivity index is 1.94. The number of carbonyl (C=O) groups excluding carboxylic acids is 2. The number of methoxy groups -OCH3 is 1. The molecule has 7 heteroatoms. The Morgan fingerprint density at radius 2 is 1.80 bits per heavy atom. The van der Waals surface area contributed by atoms with Gasteiger partial charge in [-0.05, 0) is 42.5 Å². The van der Waals surface area contributed by atoms with Crippen LogP contribution in [0.15, 0.2) is 42.5 Å². The van der Waals surface area contributed by atoms with Crippen LogP contribution in [0.3, 0.4) is 0 Å². The molecule has 2 amide bonds. The van der Waals surface area contributed by atoms with Crippen molar-refractivity contribution in [3.63, 3.8) is 0 Å². The third kappa shape index (κ3) is 5.12. The van der Waals surface area contributed by atoms with Gasteiger partial charge in [0.15, 0.2) is 0 Å². The van der Waals surface area contributed by atoms with E-state index in [0.29, 0.717) is 27.7 Å². The zero-order valence-electron chi connectivity index (χ0n) is 14.3. The van der Waals surface area contributed by atoms with Gasteiger partial charge in [-0.25, -0.2) is 0 Å². The van der Waals surface area contributed by atoms with Crippen LogP contribution < -0.4 is 15.4 Å². The fourth-order valence-corrected chi connectivity index (χ4v) is 2.33. The maximum atomic E-state index is 12.1. The fourth-order valence-electron chi connectivity index (χ4n) is 2.15. The van der Waals surface area contributed by atoms with Gasteiger partial charge in [0.05, 0.1) is 19.3 Å². The molecule has 0 aliphatic rings. The van der Waals surface area contributed by atoms with Gasteiger partial charge in [0.2, 0.25) is 5.91 Å². The van der Waals surface area contributed by atoms with Crippen LogP contribution in [0.2, 0.25) is 5.02 Å². The van der Waals surface area contributed by atoms with Crippen LogP contribution in [0.5, 0.6) is 5.75 Å². The highest BCUT2D eigenvalue weighted by molar-refractivity contribution is 6.31. The Morgan fingerprint density at radius 3 is 2.40 bits per heavy atom. The van der Waals surface area contributed by atoms with Crippen LogP contribution in [0.25, 0.3) is 0 Å². The molecule has 0 saturated carbocycles. The third-order valence-electron chi connectivity index (χ3n) is 3.42. The monoisotopic (exact) mass is 361 g/mol. The largest absolute Gasteiger partial charge is 0.495 e. The topological polar surface area (TPSA) is 70.7 Å². The van der Waals surface area contributed by atoms with E-state index in [2.05, 4.69) is 10.6 Å². The predicted octanol–water partition coefficient (Wildman–Crippen LogP) is 3.10. The Morgan fingerprint density at radius 1 is 1.12 bits per heavy atom. The first-order valence-corrected chi connectivity index (χ1v) is 7.97. The number of rotatable bonds is 6. The Kier molecular flexibility index (Phi) is 6.25. The lowest BCUT2D eigenvalue weighted by atomic mass is 10.2. The summed E-state index contributed by atoms with van der Waals surface area (Å²) in [5.74, 6) is 0.282. The quantitative estimate of drug-likeness (QED) is 0.829. The second kappa shape index (κ2) is 8.39. The smallest absolute Gasteiger partial charge is 0.253 e. The van der Waals surface area contributed by atoms with Gasteiger partial charge in [-0.2, -0.15) is 0 Å². The SMILES string of the molecule is COc1ccc(Cl)cc1NCC(=O)Nc1ccc(C(=O)N(C)C)cc1. The molecule has 0 bridgehead atoms. The molecular weight excluding hydrogens is 342 g/mol. The van der Waals surface area contributed by atoms with Crippen LogP contribution in [0.4, 0.5) is 11.4 Å². The molecule has 0 unspecified atom stereocenters. The number of amides is 2. The molecular formula is C18H20ClN3O3. The summed E-state index contributed by atoms with van der Waals surface area (Å²) in [4.78, 5) is 25.4. The molecule has 0 heterocycles. The summed E-state index contributed by atoms with van der Waals surface area (Å²) >= 11 is 5.95. The molecule has 0 aliphatic carbocycles. The van der Waals surface area contributed by atoms with E-state index < -0.39 is 0 Å². The standard InChI is InChI=1S/C18H20ClN3O3/c1-22(2)18(24)12-4-7-14(8-5-12)21-17(23)11-20-15-10-13(19)6-9-16(15)25-3/h4-10,20H,11H2,1-3H3,(H,21,23). The van der Waals surface area contributed by atoms with E-state index in [1.165, 1.54) is 4.90 Å². The van der Waals surface area contributed by atoms with E-state index >= 15 is 0 Å². The van der Waals surface area contributed by atoms with Crippen LogP contribution in [-0.2, 0) is 4.79 Å². The zero-order valence-corrected chi connectivity index (χ0v) is 15.1. The second-order valence-electron chi connectivity index (χ2n) is 5.52. The van der Waals surface area contributed by atoms with Crippen molar-refractivity contribution < 1.29 is 14.3 Å². The summed E-state index contributed by atoms with van der Waals surface area (Å²) in [6, 6.07) is 11.8. The first-order valence-electron chi connectivity index (χ1n) is 7.59. The van der Waals surface area contributed by atoms with E-state index in [-0.39, 0.29) is 18.4 Å². The molecule has 2 aromatic rings. The Bertz CT molecular complexity index is 761. The number of benzene rings is 2. The lowest BCUT2D eigenvalue weighted by molar-refractivity contribution is -0.114. The van der Waals surface area contributed by atoms with Crippen molar-refractivity contribution in [1.29, 1.82) is 0 Å². The van der Waals surface area contributed by atoms with Gasteiger partial charge in [0.1, 0.15) is 5.75 Å². The number of carbonyl (C=O) groups is 2. The molecule has 132 valence electrons. The van der Waals surface area contributed by atoms with Crippen molar-refractivity contribution >= 4 is 34.8 Å². The number of halogens is 1. The van der Waals surface area contributed by atoms with Crippen LogP contribution >= 0.6 is 11.6 Å². The van der Waals surface area contributed by atoms with E-state index in [1.807, 2.05) is 0 Å². The Hall–Kier alpha value is -2.73. The molecule has 0 radical (unpaired) electrons. The minimum absolute atomic E-state index is 0.0507. The van der Waals surface area contributed by atoms with Gasteiger partial charge in [0.25, 0.3) is 5.91 Å². The molecule has 0 fully saturated rings. The average Bonchev–Trinajstić information content (AvgIpc) is 2.60. The number of nitrogens with zero attached hydrogens (tertiary/aromatic N) is 1. The van der Waals surface area contributed by atoms with Gasteiger partial charge >= 0.3 is 0 Å². The lowest BCUT2D eigenvalue weighted by Crippen LogP contribution is -2.23. The molecule has 2 rings (SSSR count). The van der Waals surface area contributed by atoms with Gasteiger partial charge in [-0.15, -0.1) is 0 Å². The third-order valence-corrected chi connectivity index (χ3v) is 3.66. The lowest BCUT2D eigenvalue weighted by Gasteiger charge is -2.12. The maximum absolute atomic E-state index is 12.1. The summed E-state index contributed by atoms with van der Waals surface area (Å²) in [6.07, 6.45) is 0. The molecule has 0 spiro atoms. The fraction of sp³-hybridized carbons (Fsp3) is 0.222. The summed E-state index contributed by atoms with van der Waals surface area (Å²) in [5.41, 5.74) is 1.81. The van der Waals surface area contributed by atoms with Crippen molar-refractivity contribution in [2.24, 2.45) is 0 Å². The van der Waals surface area contributed by atoms with Crippen molar-refractivity contribution in [1.82, 2.24) is 4.90 Å². The number of hydrogen-bond acceptors (Lipinski definition) is 4. The first-order chi connectivity index (χ1) is 11.9. The molecule has 0 saturated heterocycles. The number of hydrogen-bond donors (Lipinski definition) is 2. The highest BCUT2D eigenvalue weighted by Gasteiger charge is 2.09. The Labute approximate surface area is 151 Å². The zero-order chi connectivity index (χ0) is 18.4. The minimum atomic E-state index is -0.228. The maximum Gasteiger partial charge on any atom is 0.253 e. The van der Waals surface area contributed by atoms with Crippen molar-refractivity contribution in [2.75, 3.05) is 38.4 Å². The van der Waals surface area contributed by atoms with E-state index in [1.54, 1.807) is 63.7 Å². The molecule has 2 aromatic carbocycles.